The number of carbonyl (C=O) groups excluding carboxylic acids is 2. The first kappa shape index (κ1) is 17.4. The van der Waals surface area contributed by atoms with Crippen LogP contribution in [0.15, 0.2) is 42.0 Å². The van der Waals surface area contributed by atoms with Gasteiger partial charge < -0.3 is 10.1 Å². The summed E-state index contributed by atoms with van der Waals surface area (Å²) in [5.74, 6) is -0.858. The molecule has 0 radical (unpaired) electrons. The van der Waals surface area contributed by atoms with Crippen molar-refractivity contribution in [2.24, 2.45) is 0 Å². The van der Waals surface area contributed by atoms with Crippen molar-refractivity contribution in [1.29, 1.82) is 0 Å². The van der Waals surface area contributed by atoms with Gasteiger partial charge >= 0.3 is 5.97 Å². The highest BCUT2D eigenvalue weighted by atomic mass is 35.5. The summed E-state index contributed by atoms with van der Waals surface area (Å²) < 4.78 is 6.86. The molecule has 0 saturated carbocycles. The Morgan fingerprint density at radius 2 is 2.28 bits per heavy atom. The molecule has 3 rings (SSSR count). The van der Waals surface area contributed by atoms with E-state index >= 15 is 0 Å². The van der Waals surface area contributed by atoms with Crippen molar-refractivity contribution < 1.29 is 14.3 Å². The number of aromatic nitrogens is 2. The maximum absolute atomic E-state index is 11.9. The Labute approximate surface area is 153 Å². The lowest BCUT2D eigenvalue weighted by Gasteiger charge is -2.14. The summed E-state index contributed by atoms with van der Waals surface area (Å²) in [6, 6.07) is 7.00. The normalized spacial score (nSPS) is 12.1. The van der Waals surface area contributed by atoms with Crippen LogP contribution in [0, 0.1) is 0 Å². The number of nitrogens with zero attached hydrogens (tertiary/aromatic N) is 2. The Kier molecular flexibility index (Phi) is 5.35. The van der Waals surface area contributed by atoms with E-state index in [1.165, 1.54) is 11.3 Å². The van der Waals surface area contributed by atoms with E-state index in [0.29, 0.717) is 10.7 Å². The first-order chi connectivity index (χ1) is 12.0. The van der Waals surface area contributed by atoms with Crippen molar-refractivity contribution in [3.05, 3.63) is 58.3 Å². The largest absolute Gasteiger partial charge is 0.455 e. The predicted octanol–water partition coefficient (Wildman–Crippen LogP) is 3.01. The fourth-order valence-electron chi connectivity index (χ4n) is 2.35. The van der Waals surface area contributed by atoms with Crippen LogP contribution in [0.4, 0.5) is 0 Å². The molecule has 1 atom stereocenters. The van der Waals surface area contributed by atoms with Crippen LogP contribution in [0.3, 0.4) is 0 Å². The molecule has 0 spiro atoms. The minimum atomic E-state index is -0.490. The molecule has 2 heterocycles. The standard InChI is InChI=1S/C17H16ClN3O3S/c1-11(12-3-2-4-13(18)7-12)19-15(22)10-24-16(23)8-14-9-21-5-6-25-17(21)20-14/h2-7,9,11H,8,10H2,1H3,(H,19,22)/t11-/m0/s1. The van der Waals surface area contributed by atoms with Crippen LogP contribution < -0.4 is 5.32 Å². The van der Waals surface area contributed by atoms with Crippen LogP contribution in [-0.2, 0) is 20.7 Å². The van der Waals surface area contributed by atoms with Gasteiger partial charge in [0.25, 0.3) is 5.91 Å². The third-order valence-corrected chi connectivity index (χ3v) is 4.56. The molecule has 0 saturated heterocycles. The highest BCUT2D eigenvalue weighted by Gasteiger charge is 2.14. The summed E-state index contributed by atoms with van der Waals surface area (Å²) in [6.45, 7) is 1.51. The topological polar surface area (TPSA) is 72.7 Å². The average molecular weight is 378 g/mol. The molecule has 1 aromatic carbocycles. The second kappa shape index (κ2) is 7.67. The highest BCUT2D eigenvalue weighted by Crippen LogP contribution is 2.17. The molecule has 0 aliphatic heterocycles. The van der Waals surface area contributed by atoms with Crippen LogP contribution in [0.5, 0.6) is 0 Å². The zero-order chi connectivity index (χ0) is 17.8. The van der Waals surface area contributed by atoms with Gasteiger partial charge in [-0.2, -0.15) is 0 Å². The fraction of sp³-hybridized carbons (Fsp3) is 0.235. The smallest absolute Gasteiger partial charge is 0.312 e. The number of hydrogen-bond donors (Lipinski definition) is 1. The number of benzene rings is 1. The quantitative estimate of drug-likeness (QED) is 0.670. The van der Waals surface area contributed by atoms with Crippen LogP contribution in [0.25, 0.3) is 4.96 Å². The van der Waals surface area contributed by atoms with E-state index in [4.69, 9.17) is 16.3 Å². The van der Waals surface area contributed by atoms with Gasteiger partial charge in [-0.3, -0.25) is 14.0 Å². The summed E-state index contributed by atoms with van der Waals surface area (Å²) in [4.78, 5) is 28.9. The number of esters is 1. The Hall–Kier alpha value is -2.38. The van der Waals surface area contributed by atoms with Gasteiger partial charge in [0.05, 0.1) is 18.2 Å². The molecule has 6 nitrogen and oxygen atoms in total. The number of thiazole rings is 1. The first-order valence-corrected chi connectivity index (χ1v) is 8.88. The van der Waals surface area contributed by atoms with Gasteiger partial charge in [-0.15, -0.1) is 11.3 Å². The number of amides is 1. The van der Waals surface area contributed by atoms with Gasteiger partial charge in [-0.1, -0.05) is 23.7 Å². The molecule has 0 unspecified atom stereocenters. The lowest BCUT2D eigenvalue weighted by Crippen LogP contribution is -2.31. The van der Waals surface area contributed by atoms with E-state index < -0.39 is 5.97 Å². The molecule has 2 aromatic heterocycles. The lowest BCUT2D eigenvalue weighted by molar-refractivity contribution is -0.148. The van der Waals surface area contributed by atoms with E-state index in [-0.39, 0.29) is 25.0 Å². The highest BCUT2D eigenvalue weighted by molar-refractivity contribution is 7.15. The number of nitrogens with one attached hydrogen (secondary N) is 1. The minimum absolute atomic E-state index is 0.0333. The van der Waals surface area contributed by atoms with E-state index in [0.717, 1.165) is 10.5 Å². The molecule has 25 heavy (non-hydrogen) atoms. The van der Waals surface area contributed by atoms with Crippen molar-refractivity contribution in [2.45, 2.75) is 19.4 Å². The summed E-state index contributed by atoms with van der Waals surface area (Å²) in [7, 11) is 0. The summed E-state index contributed by atoms with van der Waals surface area (Å²) in [6.07, 6.45) is 3.67. The van der Waals surface area contributed by atoms with Crippen LogP contribution in [0.1, 0.15) is 24.2 Å². The molecule has 1 amide bonds. The van der Waals surface area contributed by atoms with Gasteiger partial charge in [-0.25, -0.2) is 4.98 Å². The Balaban J connectivity index is 1.46. The van der Waals surface area contributed by atoms with Gasteiger partial charge in [0, 0.05) is 22.8 Å². The van der Waals surface area contributed by atoms with Crippen molar-refractivity contribution in [1.82, 2.24) is 14.7 Å². The Bertz CT molecular complexity index is 877. The number of halogens is 1. The van der Waals surface area contributed by atoms with Crippen molar-refractivity contribution in [3.8, 4) is 0 Å². The fourth-order valence-corrected chi connectivity index (χ4v) is 3.27. The third-order valence-electron chi connectivity index (χ3n) is 3.56. The van der Waals surface area contributed by atoms with E-state index in [1.807, 2.05) is 35.0 Å². The van der Waals surface area contributed by atoms with Gasteiger partial charge in [0.15, 0.2) is 11.6 Å². The molecule has 0 aliphatic rings. The molecule has 3 aromatic rings. The van der Waals surface area contributed by atoms with E-state index in [2.05, 4.69) is 10.3 Å². The maximum Gasteiger partial charge on any atom is 0.312 e. The molecule has 8 heteroatoms. The first-order valence-electron chi connectivity index (χ1n) is 7.63. The van der Waals surface area contributed by atoms with Crippen LogP contribution >= 0.6 is 22.9 Å². The number of ether oxygens (including phenoxy) is 1. The Morgan fingerprint density at radius 3 is 3.04 bits per heavy atom. The zero-order valence-electron chi connectivity index (χ0n) is 13.4. The van der Waals surface area contributed by atoms with Gasteiger partial charge in [0.1, 0.15) is 0 Å². The van der Waals surface area contributed by atoms with Gasteiger partial charge in [0.2, 0.25) is 0 Å². The maximum atomic E-state index is 11.9. The SMILES string of the molecule is C[C@H](NC(=O)COC(=O)Cc1cn2ccsc2n1)c1cccc(Cl)c1. The predicted molar refractivity (Wildman–Crippen MR) is 95.7 cm³/mol. The lowest BCUT2D eigenvalue weighted by atomic mass is 10.1. The zero-order valence-corrected chi connectivity index (χ0v) is 15.0. The molecule has 0 aliphatic carbocycles. The van der Waals surface area contributed by atoms with E-state index in [9.17, 15) is 9.59 Å². The molecule has 1 N–H and O–H groups in total. The van der Waals surface area contributed by atoms with Crippen LogP contribution in [0.2, 0.25) is 5.02 Å². The second-order valence-electron chi connectivity index (χ2n) is 5.51. The van der Waals surface area contributed by atoms with Crippen LogP contribution in [-0.4, -0.2) is 27.9 Å². The summed E-state index contributed by atoms with van der Waals surface area (Å²) in [5.41, 5.74) is 1.50. The molecule has 0 bridgehead atoms. The monoisotopic (exact) mass is 377 g/mol. The van der Waals surface area contributed by atoms with Crippen molar-refractivity contribution in [3.63, 3.8) is 0 Å². The van der Waals surface area contributed by atoms with E-state index in [1.54, 1.807) is 18.3 Å². The third kappa shape index (κ3) is 4.58. The number of carbonyl (C=O) groups is 2. The summed E-state index contributed by atoms with van der Waals surface area (Å²) >= 11 is 7.42. The number of rotatable bonds is 6. The number of fused-ring (bicyclic) bond motifs is 1. The average Bonchev–Trinajstić information content (AvgIpc) is 3.14. The number of hydrogen-bond acceptors (Lipinski definition) is 5. The van der Waals surface area contributed by atoms with Crippen molar-refractivity contribution >= 4 is 39.8 Å². The molecule has 0 fully saturated rings. The molecular weight excluding hydrogens is 362 g/mol. The summed E-state index contributed by atoms with van der Waals surface area (Å²) in [5, 5.41) is 5.28. The Morgan fingerprint density at radius 1 is 1.44 bits per heavy atom. The van der Waals surface area contributed by atoms with Crippen molar-refractivity contribution in [2.75, 3.05) is 6.61 Å². The second-order valence-corrected chi connectivity index (χ2v) is 6.82. The molecular formula is C17H16ClN3O3S. The molecule has 130 valence electrons. The number of imidazole rings is 1. The minimum Gasteiger partial charge on any atom is -0.455 e. The van der Waals surface area contributed by atoms with Gasteiger partial charge in [-0.05, 0) is 24.6 Å².